The molecule has 0 aliphatic rings. The molecule has 4 rings (SSSR count). The van der Waals surface area contributed by atoms with Crippen molar-refractivity contribution < 1.29 is 18.9 Å². The Bertz CT molecular complexity index is 1530. The molecule has 4 heteroatoms. The Morgan fingerprint density at radius 1 is 0.490 bits per heavy atom. The molecule has 0 amide bonds. The Morgan fingerprint density at radius 2 is 0.878 bits per heavy atom. The van der Waals surface area contributed by atoms with Crippen molar-refractivity contribution in [3.05, 3.63) is 145 Å². The van der Waals surface area contributed by atoms with E-state index in [1.165, 1.54) is 22.3 Å². The van der Waals surface area contributed by atoms with E-state index in [2.05, 4.69) is 126 Å². The van der Waals surface area contributed by atoms with Crippen LogP contribution in [0.1, 0.15) is 94.9 Å². The van der Waals surface area contributed by atoms with E-state index in [9.17, 15) is 0 Å². The Balaban J connectivity index is 1.22. The van der Waals surface area contributed by atoms with Gasteiger partial charge in [-0.3, -0.25) is 0 Å². The van der Waals surface area contributed by atoms with Crippen LogP contribution in [0.25, 0.3) is 0 Å². The second-order valence-electron chi connectivity index (χ2n) is 13.0. The lowest BCUT2D eigenvalue weighted by Gasteiger charge is -2.33. The summed E-state index contributed by atoms with van der Waals surface area (Å²) in [5.41, 5.74) is 4.63. The highest BCUT2D eigenvalue weighted by Crippen LogP contribution is 2.31. The quantitative estimate of drug-likeness (QED) is 0.0621. The van der Waals surface area contributed by atoms with Gasteiger partial charge in [0.05, 0.1) is 6.61 Å². The third-order valence-electron chi connectivity index (χ3n) is 9.69. The highest BCUT2D eigenvalue weighted by molar-refractivity contribution is 5.36. The highest BCUT2D eigenvalue weighted by Gasteiger charge is 2.28. The average molecular weight is 661 g/mol. The van der Waals surface area contributed by atoms with Crippen LogP contribution in [-0.2, 0) is 12.8 Å². The number of hydrogen-bond donors (Lipinski definition) is 0. The third kappa shape index (κ3) is 11.3. The van der Waals surface area contributed by atoms with E-state index >= 15 is 0 Å². The van der Waals surface area contributed by atoms with Gasteiger partial charge in [0.2, 0.25) is 0 Å². The molecule has 0 bridgehead atoms. The minimum absolute atomic E-state index is 0.177. The molecule has 0 aliphatic carbocycles. The second kappa shape index (κ2) is 18.9. The topological polar surface area (TPSA) is 36.9 Å². The zero-order valence-electron chi connectivity index (χ0n) is 30.2. The van der Waals surface area contributed by atoms with Gasteiger partial charge in [0, 0.05) is 6.42 Å². The summed E-state index contributed by atoms with van der Waals surface area (Å²) < 4.78 is 24.8. The molecule has 0 radical (unpaired) electrons. The van der Waals surface area contributed by atoms with Gasteiger partial charge in [0.15, 0.2) is 0 Å². The maximum Gasteiger partial charge on any atom is 0.120 e. The van der Waals surface area contributed by atoms with E-state index in [4.69, 9.17) is 18.9 Å². The zero-order chi connectivity index (χ0) is 35.0. The van der Waals surface area contributed by atoms with E-state index in [0.717, 1.165) is 80.8 Å². The van der Waals surface area contributed by atoms with Gasteiger partial charge in [-0.2, -0.15) is 0 Å². The zero-order valence-corrected chi connectivity index (χ0v) is 30.2. The molecule has 0 saturated heterocycles. The van der Waals surface area contributed by atoms with Gasteiger partial charge >= 0.3 is 0 Å². The van der Waals surface area contributed by atoms with Crippen molar-refractivity contribution in [3.63, 3.8) is 0 Å². The van der Waals surface area contributed by atoms with Crippen molar-refractivity contribution in [1.29, 1.82) is 0 Å². The summed E-state index contributed by atoms with van der Waals surface area (Å²) in [5.74, 6) is 3.60. The van der Waals surface area contributed by atoms with Crippen molar-refractivity contribution in [2.24, 2.45) is 0 Å². The van der Waals surface area contributed by atoms with Crippen LogP contribution in [0.15, 0.2) is 122 Å². The Labute approximate surface area is 295 Å². The van der Waals surface area contributed by atoms with E-state index in [1.54, 1.807) is 6.08 Å². The molecular weight excluding hydrogens is 604 g/mol. The first-order chi connectivity index (χ1) is 23.9. The highest BCUT2D eigenvalue weighted by atomic mass is 16.5. The minimum Gasteiger partial charge on any atom is -0.494 e. The fourth-order valence-electron chi connectivity index (χ4n) is 6.26. The molecule has 0 aliphatic heterocycles. The van der Waals surface area contributed by atoms with Crippen LogP contribution >= 0.6 is 0 Å². The smallest absolute Gasteiger partial charge is 0.120 e. The van der Waals surface area contributed by atoms with Crippen molar-refractivity contribution in [3.8, 4) is 23.0 Å². The SMILES string of the molecule is C=CCOc1ccc(Cc2ccc(OC(CC)(CC)CCCOc3ccc(Cc4ccc(OC(CC)(CC)CC=C)cc4)cc3)cc2)cc1. The maximum atomic E-state index is 6.64. The van der Waals surface area contributed by atoms with E-state index in [-0.39, 0.29) is 11.2 Å². The largest absolute Gasteiger partial charge is 0.494 e. The van der Waals surface area contributed by atoms with Crippen molar-refractivity contribution in [1.82, 2.24) is 0 Å². The van der Waals surface area contributed by atoms with Crippen molar-refractivity contribution in [2.75, 3.05) is 13.2 Å². The fourth-order valence-corrected chi connectivity index (χ4v) is 6.26. The number of rotatable bonds is 22. The fraction of sp³-hybridized carbons (Fsp3) is 0.378. The summed E-state index contributed by atoms with van der Waals surface area (Å²) in [7, 11) is 0. The average Bonchev–Trinajstić information content (AvgIpc) is 3.14. The number of benzene rings is 4. The van der Waals surface area contributed by atoms with Crippen molar-refractivity contribution >= 4 is 0 Å². The predicted molar refractivity (Wildman–Crippen MR) is 204 cm³/mol. The normalized spacial score (nSPS) is 11.5. The van der Waals surface area contributed by atoms with Crippen LogP contribution in [0, 0.1) is 0 Å². The Kier molecular flexibility index (Phi) is 14.4. The van der Waals surface area contributed by atoms with Crippen LogP contribution in [0.4, 0.5) is 0 Å². The van der Waals surface area contributed by atoms with Gasteiger partial charge in [-0.15, -0.1) is 6.58 Å². The molecule has 0 heterocycles. The molecule has 49 heavy (non-hydrogen) atoms. The standard InChI is InChI=1S/C45H56O4/c1-7-30-44(9-3,10-4)48-42-26-18-38(19-27-42)35-37-16-24-41(25-17-37)47-33-13-31-45(11-5,12-6)49-43-28-20-39(21-29-43)34-36-14-22-40(23-15-36)46-32-8-2/h7-8,14-29H,1-2,9-13,30-35H2,3-6H3. The Hall–Kier alpha value is -4.44. The lowest BCUT2D eigenvalue weighted by atomic mass is 9.91. The maximum absolute atomic E-state index is 6.64. The van der Waals surface area contributed by atoms with E-state index in [0.29, 0.717) is 13.2 Å². The van der Waals surface area contributed by atoms with Crippen LogP contribution in [0.5, 0.6) is 23.0 Å². The summed E-state index contributed by atoms with van der Waals surface area (Å²) >= 11 is 0. The van der Waals surface area contributed by atoms with Crippen LogP contribution in [0.2, 0.25) is 0 Å². The first-order valence-corrected chi connectivity index (χ1v) is 18.1. The van der Waals surface area contributed by atoms with Gasteiger partial charge in [-0.1, -0.05) is 95.0 Å². The van der Waals surface area contributed by atoms with Gasteiger partial charge < -0.3 is 18.9 Å². The molecule has 0 fully saturated rings. The molecular formula is C45H56O4. The molecule has 0 unspecified atom stereocenters. The summed E-state index contributed by atoms with van der Waals surface area (Å²) in [5, 5.41) is 0. The van der Waals surface area contributed by atoms with Gasteiger partial charge in [0.25, 0.3) is 0 Å². The monoisotopic (exact) mass is 660 g/mol. The molecule has 0 saturated carbocycles. The molecule has 4 aromatic carbocycles. The third-order valence-corrected chi connectivity index (χ3v) is 9.69. The Morgan fingerprint density at radius 3 is 1.27 bits per heavy atom. The minimum atomic E-state index is -0.211. The number of hydrogen-bond acceptors (Lipinski definition) is 4. The molecule has 0 atom stereocenters. The lowest BCUT2D eigenvalue weighted by molar-refractivity contribution is 0.0450. The summed E-state index contributed by atoms with van der Waals surface area (Å²) in [6.07, 6.45) is 12.0. The van der Waals surface area contributed by atoms with Crippen LogP contribution < -0.4 is 18.9 Å². The molecule has 4 aromatic rings. The van der Waals surface area contributed by atoms with Gasteiger partial charge in [0.1, 0.15) is 40.8 Å². The molecule has 0 N–H and O–H groups in total. The van der Waals surface area contributed by atoms with E-state index in [1.807, 2.05) is 18.2 Å². The predicted octanol–water partition coefficient (Wildman–Crippen LogP) is 11.7. The molecule has 260 valence electrons. The van der Waals surface area contributed by atoms with E-state index < -0.39 is 0 Å². The molecule has 0 aromatic heterocycles. The molecule has 0 spiro atoms. The summed E-state index contributed by atoms with van der Waals surface area (Å²) in [6, 6.07) is 33.8. The number of ether oxygens (including phenoxy) is 4. The molecule has 4 nitrogen and oxygen atoms in total. The van der Waals surface area contributed by atoms with Crippen LogP contribution in [0.3, 0.4) is 0 Å². The van der Waals surface area contributed by atoms with Crippen LogP contribution in [-0.4, -0.2) is 24.4 Å². The first kappa shape index (κ1) is 37.4. The summed E-state index contributed by atoms with van der Waals surface area (Å²) in [4.78, 5) is 0. The van der Waals surface area contributed by atoms with Gasteiger partial charge in [-0.25, -0.2) is 0 Å². The van der Waals surface area contributed by atoms with Crippen molar-refractivity contribution in [2.45, 2.75) is 96.7 Å². The summed E-state index contributed by atoms with van der Waals surface area (Å²) in [6.45, 7) is 17.6. The second-order valence-corrected chi connectivity index (χ2v) is 13.0. The lowest BCUT2D eigenvalue weighted by Crippen LogP contribution is -2.35. The van der Waals surface area contributed by atoms with Gasteiger partial charge in [-0.05, 0) is 122 Å². The first-order valence-electron chi connectivity index (χ1n) is 18.1.